The number of aryl methyl sites for hydroxylation is 1. The van der Waals surface area contributed by atoms with Crippen molar-refractivity contribution in [3.05, 3.63) is 23.8 Å². The first-order valence-electron chi connectivity index (χ1n) is 5.52. The van der Waals surface area contributed by atoms with Crippen molar-refractivity contribution in [2.24, 2.45) is 10.2 Å². The quantitative estimate of drug-likeness (QED) is 0.344. The third kappa shape index (κ3) is 2.68. The Morgan fingerprint density at radius 2 is 1.95 bits per heavy atom. The van der Waals surface area contributed by atoms with Crippen molar-refractivity contribution < 1.29 is 24.8 Å². The lowest BCUT2D eigenvalue weighted by molar-refractivity contribution is -0.432. The summed E-state index contributed by atoms with van der Waals surface area (Å²) in [6, 6.07) is 4.95. The molecule has 0 aromatic heterocycles. The Kier molecular flexibility index (Phi) is 4.40. The maximum Gasteiger partial charge on any atom is 0.155 e. The summed E-state index contributed by atoms with van der Waals surface area (Å²) < 4.78 is 4.37. The molecular formula is C12H12N2O5S. The maximum absolute atomic E-state index is 10.2. The van der Waals surface area contributed by atoms with Crippen LogP contribution < -0.4 is 0 Å². The van der Waals surface area contributed by atoms with E-state index in [9.17, 15) is 10.2 Å². The summed E-state index contributed by atoms with van der Waals surface area (Å²) in [5, 5.41) is 40.2. The zero-order valence-corrected chi connectivity index (χ0v) is 11.5. The molecular weight excluding hydrogens is 284 g/mol. The summed E-state index contributed by atoms with van der Waals surface area (Å²) in [5.74, 6) is -0.282. The van der Waals surface area contributed by atoms with E-state index in [-0.39, 0.29) is 22.6 Å². The van der Waals surface area contributed by atoms with Crippen molar-refractivity contribution in [2.45, 2.75) is 11.8 Å². The first-order valence-corrected chi connectivity index (χ1v) is 6.26. The number of nitrogens with zero attached hydrogens (tertiary/aromatic N) is 2. The van der Waals surface area contributed by atoms with Crippen molar-refractivity contribution in [1.82, 2.24) is 0 Å². The molecule has 0 unspecified atom stereocenters. The minimum Gasteiger partial charge on any atom is -0.507 e. The molecule has 0 aliphatic carbocycles. The molecule has 0 fully saturated rings. The number of phenols is 2. The molecule has 0 aliphatic heterocycles. The molecule has 106 valence electrons. The van der Waals surface area contributed by atoms with E-state index >= 15 is 0 Å². The van der Waals surface area contributed by atoms with Crippen molar-refractivity contribution in [3.8, 4) is 11.5 Å². The highest BCUT2D eigenvalue weighted by Gasteiger charge is 2.17. The lowest BCUT2D eigenvalue weighted by Gasteiger charge is -2.10. The zero-order valence-electron chi connectivity index (χ0n) is 10.7. The fraction of sp³-hybridized carbons (Fsp3) is 0.167. The predicted molar refractivity (Wildman–Crippen MR) is 73.1 cm³/mol. The molecule has 0 spiro atoms. The molecule has 2 rings (SSSR count). The molecule has 0 heterocycles. The van der Waals surface area contributed by atoms with Crippen LogP contribution in [0.15, 0.2) is 33.3 Å². The minimum absolute atomic E-state index is 0.0547. The topological polar surface area (TPSA) is 104 Å². The van der Waals surface area contributed by atoms with Gasteiger partial charge in [0.25, 0.3) is 0 Å². The monoisotopic (exact) mass is 296 g/mol. The van der Waals surface area contributed by atoms with Crippen LogP contribution in [0.2, 0.25) is 0 Å². The normalized spacial score (nSPS) is 11.6. The van der Waals surface area contributed by atoms with Gasteiger partial charge < -0.3 is 10.2 Å². The van der Waals surface area contributed by atoms with Crippen LogP contribution in [0.3, 0.4) is 0 Å². The van der Waals surface area contributed by atoms with E-state index in [0.29, 0.717) is 22.3 Å². The largest absolute Gasteiger partial charge is 0.507 e. The first kappa shape index (κ1) is 14.5. The number of rotatable bonds is 4. The van der Waals surface area contributed by atoms with Crippen LogP contribution in [0, 0.1) is 6.92 Å². The molecule has 3 N–H and O–H groups in total. The van der Waals surface area contributed by atoms with E-state index in [4.69, 9.17) is 5.26 Å². The summed E-state index contributed by atoms with van der Waals surface area (Å²) in [6.45, 7) is 1.82. The van der Waals surface area contributed by atoms with E-state index in [1.54, 1.807) is 12.1 Å². The molecule has 0 aliphatic rings. The molecule has 0 bridgehead atoms. The van der Waals surface area contributed by atoms with Crippen LogP contribution in [0.1, 0.15) is 5.56 Å². The highest BCUT2D eigenvalue weighted by atomic mass is 32.2. The predicted octanol–water partition coefficient (Wildman–Crippen LogP) is 3.70. The number of hydrogen-bond donors (Lipinski definition) is 3. The van der Waals surface area contributed by atoms with Crippen LogP contribution in [0.25, 0.3) is 10.8 Å². The van der Waals surface area contributed by atoms with Crippen LogP contribution >= 0.6 is 12.0 Å². The van der Waals surface area contributed by atoms with Gasteiger partial charge in [0.1, 0.15) is 11.4 Å². The molecule has 0 saturated carbocycles. The van der Waals surface area contributed by atoms with Gasteiger partial charge in [0.15, 0.2) is 5.75 Å². The van der Waals surface area contributed by atoms with Gasteiger partial charge in [-0.25, -0.2) is 5.26 Å². The summed E-state index contributed by atoms with van der Waals surface area (Å²) in [6.07, 6.45) is 0. The Hall–Kier alpha value is -1.87. The summed E-state index contributed by atoms with van der Waals surface area (Å²) >= 11 is 0.660. The van der Waals surface area contributed by atoms with E-state index in [1.807, 2.05) is 6.92 Å². The average Bonchev–Trinajstić information content (AvgIpc) is 2.39. The molecule has 8 heteroatoms. The third-order valence-electron chi connectivity index (χ3n) is 2.63. The number of azo groups is 1. The van der Waals surface area contributed by atoms with Gasteiger partial charge in [-0.05, 0) is 30.0 Å². The highest BCUT2D eigenvalue weighted by molar-refractivity contribution is 7.94. The number of hydrogen-bond acceptors (Lipinski definition) is 8. The Morgan fingerprint density at radius 1 is 1.20 bits per heavy atom. The smallest absolute Gasteiger partial charge is 0.155 e. The van der Waals surface area contributed by atoms with Gasteiger partial charge in [-0.3, -0.25) is 0 Å². The standard InChI is InChI=1S/C12H12N2O5S/c1-6-3-7-5-9(20-19-18-17)11(14-13-2)12(16)10(7)8(15)4-6/h3-5,15-17H,1-2H3/b14-13+. The number of benzene rings is 2. The van der Waals surface area contributed by atoms with Crippen molar-refractivity contribution in [2.75, 3.05) is 7.05 Å². The molecule has 0 atom stereocenters. The lowest BCUT2D eigenvalue weighted by atomic mass is 10.0. The second-order valence-electron chi connectivity index (χ2n) is 3.98. The number of aromatic hydroxyl groups is 2. The van der Waals surface area contributed by atoms with E-state index in [0.717, 1.165) is 5.56 Å². The molecule has 20 heavy (non-hydrogen) atoms. The Bertz CT molecular complexity index is 675. The fourth-order valence-electron chi connectivity index (χ4n) is 1.92. The average molecular weight is 296 g/mol. The van der Waals surface area contributed by atoms with Gasteiger partial charge in [-0.1, -0.05) is 11.1 Å². The Balaban J connectivity index is 2.74. The second kappa shape index (κ2) is 6.06. The van der Waals surface area contributed by atoms with Crippen LogP contribution in [-0.2, 0) is 9.37 Å². The SMILES string of the molecule is C/N=N/c1c(SOOO)cc2cc(C)cc(O)c2c1O. The first-order chi connectivity index (χ1) is 9.58. The van der Waals surface area contributed by atoms with Gasteiger partial charge in [0, 0.05) is 7.05 Å². The lowest BCUT2D eigenvalue weighted by Crippen LogP contribution is -1.85. The molecule has 2 aromatic carbocycles. The van der Waals surface area contributed by atoms with E-state index in [1.165, 1.54) is 13.1 Å². The van der Waals surface area contributed by atoms with E-state index < -0.39 is 0 Å². The number of fused-ring (bicyclic) bond motifs is 1. The van der Waals surface area contributed by atoms with Gasteiger partial charge in [-0.15, -0.1) is 4.33 Å². The summed E-state index contributed by atoms with van der Waals surface area (Å²) in [4.78, 5) is 0.375. The molecule has 2 aromatic rings. The minimum atomic E-state index is -0.227. The summed E-state index contributed by atoms with van der Waals surface area (Å²) in [7, 11) is 1.44. The van der Waals surface area contributed by atoms with Gasteiger partial charge in [-0.2, -0.15) is 10.2 Å². The number of phenolic OH excluding ortho intramolecular Hbond substituents is 2. The van der Waals surface area contributed by atoms with Crippen molar-refractivity contribution in [1.29, 1.82) is 0 Å². The zero-order chi connectivity index (χ0) is 14.7. The van der Waals surface area contributed by atoms with E-state index in [2.05, 4.69) is 19.6 Å². The molecule has 0 amide bonds. The van der Waals surface area contributed by atoms with Crippen LogP contribution in [0.4, 0.5) is 5.69 Å². The fourth-order valence-corrected chi connectivity index (χ4v) is 2.42. The third-order valence-corrected chi connectivity index (χ3v) is 3.25. The van der Waals surface area contributed by atoms with Crippen LogP contribution in [-0.4, -0.2) is 22.5 Å². The van der Waals surface area contributed by atoms with Crippen LogP contribution in [0.5, 0.6) is 11.5 Å². The second-order valence-corrected chi connectivity index (χ2v) is 4.72. The van der Waals surface area contributed by atoms with Crippen molar-refractivity contribution in [3.63, 3.8) is 0 Å². The molecule has 0 saturated heterocycles. The Labute approximate surface area is 118 Å². The highest BCUT2D eigenvalue weighted by Crippen LogP contribution is 2.46. The van der Waals surface area contributed by atoms with Crippen molar-refractivity contribution >= 4 is 28.5 Å². The van der Waals surface area contributed by atoms with Gasteiger partial charge in [0.2, 0.25) is 0 Å². The summed E-state index contributed by atoms with van der Waals surface area (Å²) in [5.41, 5.74) is 0.941. The molecule has 0 radical (unpaired) electrons. The van der Waals surface area contributed by atoms with Gasteiger partial charge in [0.05, 0.1) is 22.3 Å². The molecule has 7 nitrogen and oxygen atoms in total. The van der Waals surface area contributed by atoms with Gasteiger partial charge >= 0.3 is 0 Å². The Morgan fingerprint density at radius 3 is 2.60 bits per heavy atom. The maximum atomic E-state index is 10.2.